The van der Waals surface area contributed by atoms with Crippen LogP contribution in [0.1, 0.15) is 6.92 Å². The maximum absolute atomic E-state index is 10.9. The van der Waals surface area contributed by atoms with Crippen LogP contribution in [-0.4, -0.2) is 33.7 Å². The molecule has 0 aromatic heterocycles. The molecular weight excluding hydrogens is 272 g/mol. The van der Waals surface area contributed by atoms with Crippen molar-refractivity contribution in [3.63, 3.8) is 0 Å². The zero-order valence-electron chi connectivity index (χ0n) is 10.0. The number of benzene rings is 1. The van der Waals surface area contributed by atoms with Crippen molar-refractivity contribution in [1.29, 1.82) is 0 Å². The third kappa shape index (κ3) is 4.96. The normalized spacial score (nSPS) is 11.6. The number of rotatable bonds is 6. The second-order valence-electron chi connectivity index (χ2n) is 3.65. The Bertz CT molecular complexity index is 488. The average Bonchev–Trinajstić information content (AvgIpc) is 2.34. The van der Waals surface area contributed by atoms with Crippen LogP contribution < -0.4 is 5.32 Å². The first kappa shape index (κ1) is 15.0. The highest BCUT2D eigenvalue weighted by atomic mass is 32.2. The molecule has 19 heavy (non-hydrogen) atoms. The number of nitro benzene ring substituents is 1. The quantitative estimate of drug-likeness (QED) is 0.462. The highest BCUT2D eigenvalue weighted by Gasteiger charge is 2.18. The second-order valence-corrected chi connectivity index (χ2v) is 4.75. The van der Waals surface area contributed by atoms with Crippen LogP contribution in [0.3, 0.4) is 0 Å². The van der Waals surface area contributed by atoms with Crippen molar-refractivity contribution in [2.24, 2.45) is 0 Å². The topological polar surface area (TPSA) is 110 Å². The summed E-state index contributed by atoms with van der Waals surface area (Å²) in [6, 6.07) is 4.77. The number of carbonyl (C=O) groups is 2. The summed E-state index contributed by atoms with van der Waals surface area (Å²) >= 11 is 1.20. The first-order valence-electron chi connectivity index (χ1n) is 5.27. The lowest BCUT2D eigenvalue weighted by Gasteiger charge is -2.12. The number of nitrogens with one attached hydrogen (secondary N) is 1. The molecule has 0 bridgehead atoms. The first-order chi connectivity index (χ1) is 8.90. The summed E-state index contributed by atoms with van der Waals surface area (Å²) in [7, 11) is 0. The number of non-ortho nitro benzene ring substituents is 1. The Hall–Kier alpha value is -2.09. The lowest BCUT2D eigenvalue weighted by atomic mass is 10.3. The van der Waals surface area contributed by atoms with E-state index < -0.39 is 22.8 Å². The van der Waals surface area contributed by atoms with Gasteiger partial charge in [0.25, 0.3) is 5.69 Å². The average molecular weight is 284 g/mol. The number of aliphatic carboxylic acids is 1. The van der Waals surface area contributed by atoms with Crippen LogP contribution in [-0.2, 0) is 9.59 Å². The van der Waals surface area contributed by atoms with Gasteiger partial charge in [-0.2, -0.15) is 0 Å². The summed E-state index contributed by atoms with van der Waals surface area (Å²) in [6.45, 7) is 1.24. The molecule has 1 rings (SSSR count). The van der Waals surface area contributed by atoms with Gasteiger partial charge in [0, 0.05) is 29.7 Å². The molecule has 1 aromatic carbocycles. The Kier molecular flexibility index (Phi) is 5.31. The molecule has 1 atom stereocenters. The molecule has 0 saturated heterocycles. The molecule has 0 unspecified atom stereocenters. The number of thioether (sulfide) groups is 1. The van der Waals surface area contributed by atoms with E-state index in [1.165, 1.54) is 43.0 Å². The van der Waals surface area contributed by atoms with E-state index in [1.54, 1.807) is 0 Å². The van der Waals surface area contributed by atoms with Gasteiger partial charge in [-0.1, -0.05) is 0 Å². The lowest BCUT2D eigenvalue weighted by molar-refractivity contribution is -0.384. The van der Waals surface area contributed by atoms with Gasteiger partial charge >= 0.3 is 5.97 Å². The van der Waals surface area contributed by atoms with Gasteiger partial charge in [0.05, 0.1) is 4.92 Å². The number of amides is 1. The molecule has 1 aromatic rings. The fourth-order valence-electron chi connectivity index (χ4n) is 1.26. The smallest absolute Gasteiger partial charge is 0.327 e. The Morgan fingerprint density at radius 1 is 1.42 bits per heavy atom. The third-order valence-corrected chi connectivity index (χ3v) is 3.25. The van der Waals surface area contributed by atoms with Crippen molar-refractivity contribution in [1.82, 2.24) is 5.32 Å². The van der Waals surface area contributed by atoms with E-state index in [9.17, 15) is 19.7 Å². The molecule has 0 spiro atoms. The van der Waals surface area contributed by atoms with Gasteiger partial charge < -0.3 is 10.4 Å². The molecule has 1 amide bonds. The molecule has 102 valence electrons. The molecule has 0 saturated carbocycles. The van der Waals surface area contributed by atoms with Crippen LogP contribution in [0.5, 0.6) is 0 Å². The van der Waals surface area contributed by atoms with Gasteiger partial charge in [-0.3, -0.25) is 14.9 Å². The molecule has 0 radical (unpaired) electrons. The van der Waals surface area contributed by atoms with E-state index in [-0.39, 0.29) is 11.4 Å². The first-order valence-corrected chi connectivity index (χ1v) is 6.26. The van der Waals surface area contributed by atoms with Crippen LogP contribution in [0.4, 0.5) is 5.69 Å². The number of hydrogen-bond donors (Lipinski definition) is 2. The van der Waals surface area contributed by atoms with E-state index in [0.29, 0.717) is 4.90 Å². The van der Waals surface area contributed by atoms with Gasteiger partial charge in [0.2, 0.25) is 5.91 Å². The third-order valence-electron chi connectivity index (χ3n) is 2.14. The second kappa shape index (κ2) is 6.74. The number of hydrogen-bond acceptors (Lipinski definition) is 5. The van der Waals surface area contributed by atoms with E-state index in [1.807, 2.05) is 0 Å². The van der Waals surface area contributed by atoms with Crippen molar-refractivity contribution in [2.75, 3.05) is 5.75 Å². The van der Waals surface area contributed by atoms with E-state index in [4.69, 9.17) is 5.11 Å². The maximum Gasteiger partial charge on any atom is 0.327 e. The van der Waals surface area contributed by atoms with Gasteiger partial charge in [-0.05, 0) is 12.1 Å². The predicted molar refractivity (Wildman–Crippen MR) is 69.1 cm³/mol. The van der Waals surface area contributed by atoms with Crippen molar-refractivity contribution < 1.29 is 19.6 Å². The van der Waals surface area contributed by atoms with Crippen molar-refractivity contribution in [2.45, 2.75) is 17.9 Å². The number of nitrogens with zero attached hydrogens (tertiary/aromatic N) is 1. The number of carboxylic acid groups (broad SMARTS) is 1. The zero-order valence-corrected chi connectivity index (χ0v) is 10.8. The summed E-state index contributed by atoms with van der Waals surface area (Å²) in [5.74, 6) is -1.39. The minimum Gasteiger partial charge on any atom is -0.480 e. The van der Waals surface area contributed by atoms with Gasteiger partial charge in [-0.25, -0.2) is 4.79 Å². The largest absolute Gasteiger partial charge is 0.480 e. The highest BCUT2D eigenvalue weighted by molar-refractivity contribution is 7.99. The van der Waals surface area contributed by atoms with Gasteiger partial charge in [0.15, 0.2) is 0 Å². The molecule has 8 heteroatoms. The van der Waals surface area contributed by atoms with E-state index in [2.05, 4.69) is 5.32 Å². The van der Waals surface area contributed by atoms with Crippen LogP contribution in [0.15, 0.2) is 29.2 Å². The Balaban J connectivity index is 2.61. The fraction of sp³-hybridized carbons (Fsp3) is 0.273. The summed E-state index contributed by atoms with van der Waals surface area (Å²) in [5, 5.41) is 21.7. The minimum absolute atomic E-state index is 0.0269. The predicted octanol–water partition coefficient (Wildman–Crippen LogP) is 1.28. The fourth-order valence-corrected chi connectivity index (χ4v) is 2.18. The van der Waals surface area contributed by atoms with Crippen molar-refractivity contribution >= 4 is 29.3 Å². The van der Waals surface area contributed by atoms with Crippen molar-refractivity contribution in [3.8, 4) is 0 Å². The number of nitro groups is 1. The Labute approximate surface area is 113 Å². The molecule has 0 fully saturated rings. The monoisotopic (exact) mass is 284 g/mol. The molecule has 0 heterocycles. The van der Waals surface area contributed by atoms with E-state index >= 15 is 0 Å². The summed E-state index contributed by atoms with van der Waals surface area (Å²) in [6.07, 6.45) is 0. The highest BCUT2D eigenvalue weighted by Crippen LogP contribution is 2.22. The molecule has 7 nitrogen and oxygen atoms in total. The Morgan fingerprint density at radius 2 is 2.00 bits per heavy atom. The molecule has 0 aliphatic carbocycles. The van der Waals surface area contributed by atoms with Crippen LogP contribution in [0.2, 0.25) is 0 Å². The summed E-state index contributed by atoms with van der Waals surface area (Å²) in [4.78, 5) is 32.4. The Morgan fingerprint density at radius 3 is 2.42 bits per heavy atom. The molecular formula is C11H12N2O5S. The molecule has 0 aliphatic rings. The van der Waals surface area contributed by atoms with Gasteiger partial charge in [-0.15, -0.1) is 11.8 Å². The minimum atomic E-state index is -1.12. The van der Waals surface area contributed by atoms with Crippen LogP contribution in [0.25, 0.3) is 0 Å². The number of carbonyl (C=O) groups excluding carboxylic acids is 1. The van der Waals surface area contributed by atoms with Crippen LogP contribution in [0, 0.1) is 10.1 Å². The molecule has 2 N–H and O–H groups in total. The maximum atomic E-state index is 10.9. The van der Waals surface area contributed by atoms with Crippen LogP contribution >= 0.6 is 11.8 Å². The van der Waals surface area contributed by atoms with Crippen molar-refractivity contribution in [3.05, 3.63) is 34.4 Å². The SMILES string of the molecule is CC(=O)N[C@H](CSc1ccc([N+](=O)[O-])cc1)C(=O)O. The molecule has 0 aliphatic heterocycles. The summed E-state index contributed by atoms with van der Waals surface area (Å²) in [5.41, 5.74) is -0.0269. The van der Waals surface area contributed by atoms with Gasteiger partial charge in [0.1, 0.15) is 6.04 Å². The standard InChI is InChI=1S/C11H12N2O5S/c1-7(14)12-10(11(15)16)6-19-9-4-2-8(3-5-9)13(17)18/h2-5,10H,6H2,1H3,(H,12,14)(H,15,16)/t10-/m1/s1. The summed E-state index contributed by atoms with van der Waals surface area (Å²) < 4.78 is 0. The van der Waals surface area contributed by atoms with E-state index in [0.717, 1.165) is 0 Å². The number of carboxylic acids is 1. The lowest BCUT2D eigenvalue weighted by Crippen LogP contribution is -2.41. The zero-order chi connectivity index (χ0) is 14.4.